The molecule has 1 N–H and O–H groups in total. The number of nitrogens with zero attached hydrogens (tertiary/aromatic N) is 5. The van der Waals surface area contributed by atoms with E-state index in [1.54, 1.807) is 0 Å². The Morgan fingerprint density at radius 3 is 2.37 bits per heavy atom. The number of pyridine rings is 2. The van der Waals surface area contributed by atoms with Crippen molar-refractivity contribution >= 4 is 46.4 Å². The van der Waals surface area contributed by atoms with E-state index in [0.717, 1.165) is 0 Å². The second kappa shape index (κ2) is 8.35. The molecular weight excluding hydrogens is 454 g/mol. The van der Waals surface area contributed by atoms with Gasteiger partial charge in [0.2, 0.25) is 0 Å². The zero-order chi connectivity index (χ0) is 21.3. The highest BCUT2D eigenvalue weighted by molar-refractivity contribution is 6.35. The molecule has 0 aliphatic rings. The van der Waals surface area contributed by atoms with E-state index < -0.39 is 11.7 Å². The Hall–Kier alpha value is -3.07. The molecule has 0 unspecified atom stereocenters. The lowest BCUT2D eigenvalue weighted by Crippen LogP contribution is -2.14. The van der Waals surface area contributed by atoms with Crippen LogP contribution in [0, 0.1) is 5.82 Å². The van der Waals surface area contributed by atoms with Gasteiger partial charge in [-0.3, -0.25) is 9.78 Å². The minimum atomic E-state index is -0.507. The van der Waals surface area contributed by atoms with Crippen molar-refractivity contribution in [2.75, 3.05) is 5.32 Å². The molecule has 0 fully saturated rings. The van der Waals surface area contributed by atoms with Gasteiger partial charge in [-0.05, 0) is 30.3 Å². The van der Waals surface area contributed by atoms with E-state index in [2.05, 4.69) is 25.5 Å². The van der Waals surface area contributed by atoms with E-state index >= 15 is 0 Å². The van der Waals surface area contributed by atoms with E-state index in [-0.39, 0.29) is 20.6 Å². The molecule has 3 heterocycles. The topological polar surface area (TPSA) is 85.6 Å². The van der Waals surface area contributed by atoms with Crippen LogP contribution in [0.1, 0.15) is 10.4 Å². The zero-order valence-electron chi connectivity index (χ0n) is 14.9. The molecule has 0 saturated carbocycles. The van der Waals surface area contributed by atoms with Crippen LogP contribution in [0.4, 0.5) is 10.1 Å². The van der Waals surface area contributed by atoms with Gasteiger partial charge in [0.05, 0.1) is 50.6 Å². The quantitative estimate of drug-likeness (QED) is 0.456. The van der Waals surface area contributed by atoms with Crippen LogP contribution in [-0.2, 0) is 0 Å². The van der Waals surface area contributed by atoms with Gasteiger partial charge in [0.1, 0.15) is 5.82 Å². The highest BCUT2D eigenvalue weighted by Crippen LogP contribution is 2.30. The fourth-order valence-electron chi connectivity index (χ4n) is 2.61. The molecule has 7 nitrogen and oxygen atoms in total. The number of hydrogen-bond donors (Lipinski definition) is 1. The van der Waals surface area contributed by atoms with E-state index in [1.165, 1.54) is 59.9 Å². The smallest absolute Gasteiger partial charge is 0.258 e. The number of rotatable bonds is 4. The summed E-state index contributed by atoms with van der Waals surface area (Å²) in [6, 6.07) is 6.91. The van der Waals surface area contributed by atoms with Crippen LogP contribution in [0.3, 0.4) is 0 Å². The molecule has 0 saturated heterocycles. The summed E-state index contributed by atoms with van der Waals surface area (Å²) in [7, 11) is 0. The van der Waals surface area contributed by atoms with Gasteiger partial charge in [-0.2, -0.15) is 10.2 Å². The highest BCUT2D eigenvalue weighted by atomic mass is 35.5. The van der Waals surface area contributed by atoms with Crippen LogP contribution in [0.25, 0.3) is 17.1 Å². The SMILES string of the molecule is O=C(Nc1cnc(-n2nccn2)c(Cl)c1)c1cnc(-c2ccc(F)cc2Cl)cc1Cl. The minimum Gasteiger partial charge on any atom is -0.320 e. The molecule has 0 aliphatic carbocycles. The average molecular weight is 464 g/mol. The van der Waals surface area contributed by atoms with Crippen molar-refractivity contribution in [3.05, 3.63) is 81.6 Å². The first kappa shape index (κ1) is 20.2. The van der Waals surface area contributed by atoms with Crippen LogP contribution in [-0.4, -0.2) is 30.9 Å². The van der Waals surface area contributed by atoms with Gasteiger partial charge in [-0.25, -0.2) is 9.37 Å². The number of carbonyl (C=O) groups excluding carboxylic acids is 1. The van der Waals surface area contributed by atoms with Gasteiger partial charge in [-0.1, -0.05) is 34.8 Å². The Labute approximate surface area is 184 Å². The first-order valence-corrected chi connectivity index (χ1v) is 9.50. The van der Waals surface area contributed by atoms with Crippen LogP contribution in [0.5, 0.6) is 0 Å². The maximum absolute atomic E-state index is 13.2. The Bertz CT molecular complexity index is 1250. The molecular formula is C19H10Cl3FN6O. The molecule has 150 valence electrons. The van der Waals surface area contributed by atoms with Gasteiger partial charge >= 0.3 is 0 Å². The predicted octanol–water partition coefficient (Wildman–Crippen LogP) is 5.08. The first-order chi connectivity index (χ1) is 14.4. The standard InChI is InChI=1S/C19H10Cl3FN6O/c20-14-5-10(23)1-2-12(14)17-7-15(21)13(9-24-17)19(30)28-11-6-16(22)18(25-8-11)29-26-3-4-27-29/h1-9H,(H,28,30). The fraction of sp³-hybridized carbons (Fsp3) is 0. The molecule has 1 aromatic carbocycles. The van der Waals surface area contributed by atoms with E-state index in [4.69, 9.17) is 34.8 Å². The van der Waals surface area contributed by atoms with Crippen LogP contribution < -0.4 is 5.32 Å². The van der Waals surface area contributed by atoms with Crippen molar-refractivity contribution < 1.29 is 9.18 Å². The molecule has 0 bridgehead atoms. The third-order valence-corrected chi connectivity index (χ3v) is 4.90. The van der Waals surface area contributed by atoms with Gasteiger partial charge < -0.3 is 5.32 Å². The van der Waals surface area contributed by atoms with Crippen LogP contribution >= 0.6 is 34.8 Å². The average Bonchev–Trinajstić information content (AvgIpc) is 3.22. The monoisotopic (exact) mass is 462 g/mol. The molecule has 4 rings (SSSR count). The van der Waals surface area contributed by atoms with Crippen molar-refractivity contribution in [1.82, 2.24) is 25.0 Å². The fourth-order valence-corrected chi connectivity index (χ4v) is 3.36. The predicted molar refractivity (Wildman–Crippen MR) is 112 cm³/mol. The third kappa shape index (κ3) is 4.11. The lowest BCUT2D eigenvalue weighted by Gasteiger charge is -2.10. The Morgan fingerprint density at radius 1 is 0.933 bits per heavy atom. The second-order valence-electron chi connectivity index (χ2n) is 5.98. The van der Waals surface area contributed by atoms with Gasteiger partial charge in [-0.15, -0.1) is 4.80 Å². The van der Waals surface area contributed by atoms with E-state index in [1.807, 2.05) is 0 Å². The largest absolute Gasteiger partial charge is 0.320 e. The van der Waals surface area contributed by atoms with E-state index in [0.29, 0.717) is 22.8 Å². The summed E-state index contributed by atoms with van der Waals surface area (Å²) < 4.78 is 13.2. The number of nitrogens with one attached hydrogen (secondary N) is 1. The maximum atomic E-state index is 13.2. The number of halogens is 4. The summed E-state index contributed by atoms with van der Waals surface area (Å²) in [6.07, 6.45) is 5.71. The molecule has 0 spiro atoms. The third-order valence-electron chi connectivity index (χ3n) is 3.99. The van der Waals surface area contributed by atoms with Crippen molar-refractivity contribution in [2.45, 2.75) is 0 Å². The number of amides is 1. The molecule has 0 radical (unpaired) electrons. The normalized spacial score (nSPS) is 10.8. The number of anilines is 1. The second-order valence-corrected chi connectivity index (χ2v) is 7.20. The highest BCUT2D eigenvalue weighted by Gasteiger charge is 2.16. The molecule has 3 aromatic heterocycles. The lowest BCUT2D eigenvalue weighted by atomic mass is 10.1. The number of carbonyl (C=O) groups is 1. The maximum Gasteiger partial charge on any atom is 0.258 e. The van der Waals surface area contributed by atoms with Crippen molar-refractivity contribution in [3.63, 3.8) is 0 Å². The molecule has 30 heavy (non-hydrogen) atoms. The minimum absolute atomic E-state index is 0.132. The first-order valence-electron chi connectivity index (χ1n) is 8.37. The molecule has 4 aromatic rings. The van der Waals surface area contributed by atoms with Crippen molar-refractivity contribution in [2.24, 2.45) is 0 Å². The van der Waals surface area contributed by atoms with Gasteiger partial charge in [0, 0.05) is 11.8 Å². The number of aromatic nitrogens is 5. The summed E-state index contributed by atoms with van der Waals surface area (Å²) in [5, 5.41) is 11.1. The van der Waals surface area contributed by atoms with Crippen molar-refractivity contribution in [3.8, 4) is 17.1 Å². The lowest BCUT2D eigenvalue weighted by molar-refractivity contribution is 0.102. The van der Waals surface area contributed by atoms with Crippen molar-refractivity contribution in [1.29, 1.82) is 0 Å². The summed E-state index contributed by atoms with van der Waals surface area (Å²) >= 11 is 18.5. The van der Waals surface area contributed by atoms with Gasteiger partial charge in [0.15, 0.2) is 5.82 Å². The summed E-state index contributed by atoms with van der Waals surface area (Å²) in [4.78, 5) is 22.2. The van der Waals surface area contributed by atoms with E-state index in [9.17, 15) is 9.18 Å². The molecule has 1 amide bonds. The molecule has 0 atom stereocenters. The summed E-state index contributed by atoms with van der Waals surface area (Å²) in [6.45, 7) is 0. The number of hydrogen-bond acceptors (Lipinski definition) is 5. The Kier molecular flexibility index (Phi) is 5.63. The van der Waals surface area contributed by atoms with Crippen LogP contribution in [0.2, 0.25) is 15.1 Å². The van der Waals surface area contributed by atoms with Crippen LogP contribution in [0.15, 0.2) is 55.1 Å². The molecule has 0 aliphatic heterocycles. The Balaban J connectivity index is 1.56. The zero-order valence-corrected chi connectivity index (χ0v) is 17.1. The summed E-state index contributed by atoms with van der Waals surface area (Å²) in [5.41, 5.74) is 1.38. The Morgan fingerprint density at radius 2 is 1.70 bits per heavy atom. The van der Waals surface area contributed by atoms with Gasteiger partial charge in [0.25, 0.3) is 5.91 Å². The molecule has 11 heteroatoms. The summed E-state index contributed by atoms with van der Waals surface area (Å²) in [5.74, 6) is -0.653. The number of benzene rings is 1.